The molecule has 3 N–H and O–H groups in total. The number of nitrogens with two attached hydrogens (primary N) is 1. The molecule has 10 heavy (non-hydrogen) atoms. The van der Waals surface area contributed by atoms with E-state index in [1.54, 1.807) is 0 Å². The Balaban J connectivity index is 2.28. The Morgan fingerprint density at radius 2 is 2.40 bits per heavy atom. The molecule has 0 radical (unpaired) electrons. The van der Waals surface area contributed by atoms with E-state index in [9.17, 15) is 0 Å². The summed E-state index contributed by atoms with van der Waals surface area (Å²) in [6, 6.07) is 0.0940. The Morgan fingerprint density at radius 3 is 2.70 bits per heavy atom. The molecule has 0 aromatic carbocycles. The van der Waals surface area contributed by atoms with E-state index in [-0.39, 0.29) is 24.9 Å². The van der Waals surface area contributed by atoms with Crippen molar-refractivity contribution in [2.45, 2.75) is 38.0 Å². The maximum absolute atomic E-state index is 8.70. The molecule has 1 aliphatic rings. The van der Waals surface area contributed by atoms with Crippen LogP contribution in [0.5, 0.6) is 0 Å². The maximum atomic E-state index is 8.70. The molecule has 0 spiro atoms. The van der Waals surface area contributed by atoms with Gasteiger partial charge in [0.15, 0.2) is 0 Å². The monoisotopic (exact) mass is 145 g/mol. The second-order valence-electron chi connectivity index (χ2n) is 2.92. The van der Waals surface area contributed by atoms with E-state index in [1.807, 2.05) is 6.92 Å². The average molecular weight is 145 g/mol. The molecule has 1 aliphatic heterocycles. The van der Waals surface area contributed by atoms with Crippen LogP contribution in [0.3, 0.4) is 0 Å². The second kappa shape index (κ2) is 3.32. The lowest BCUT2D eigenvalue weighted by molar-refractivity contribution is 0.00366. The minimum absolute atomic E-state index is 0.0380. The van der Waals surface area contributed by atoms with Gasteiger partial charge >= 0.3 is 0 Å². The first kappa shape index (κ1) is 7.98. The van der Waals surface area contributed by atoms with Gasteiger partial charge in [-0.05, 0) is 19.8 Å². The first-order valence-electron chi connectivity index (χ1n) is 3.76. The molecule has 0 saturated carbocycles. The zero-order chi connectivity index (χ0) is 7.56. The van der Waals surface area contributed by atoms with Crippen molar-refractivity contribution in [3.63, 3.8) is 0 Å². The molecular weight excluding hydrogens is 130 g/mol. The normalized spacial score (nSPS) is 36.3. The molecule has 0 amide bonds. The van der Waals surface area contributed by atoms with Crippen LogP contribution in [0, 0.1) is 0 Å². The molecule has 1 heterocycles. The highest BCUT2D eigenvalue weighted by molar-refractivity contribution is 4.78. The van der Waals surface area contributed by atoms with Gasteiger partial charge in [-0.15, -0.1) is 0 Å². The summed E-state index contributed by atoms with van der Waals surface area (Å²) in [6.45, 7) is 2.06. The molecular formula is C7H15NO2. The van der Waals surface area contributed by atoms with Gasteiger partial charge in [0.05, 0.1) is 18.8 Å². The summed E-state index contributed by atoms with van der Waals surface area (Å²) in [5.41, 5.74) is 5.61. The fraction of sp³-hybridized carbons (Fsp3) is 1.00. The molecule has 3 atom stereocenters. The first-order chi connectivity index (χ1) is 4.74. The number of hydrogen-bond donors (Lipinski definition) is 2. The van der Waals surface area contributed by atoms with Gasteiger partial charge in [-0.2, -0.15) is 0 Å². The number of ether oxygens (including phenoxy) is 1. The fourth-order valence-electron chi connectivity index (χ4n) is 1.25. The molecule has 0 bridgehead atoms. The molecule has 1 rings (SSSR count). The summed E-state index contributed by atoms with van der Waals surface area (Å²) in [4.78, 5) is 0. The van der Waals surface area contributed by atoms with E-state index in [0.717, 1.165) is 12.8 Å². The molecule has 60 valence electrons. The van der Waals surface area contributed by atoms with Gasteiger partial charge in [0.25, 0.3) is 0 Å². The Hall–Kier alpha value is -0.120. The predicted octanol–water partition coefficient (Wildman–Crippen LogP) is -0.127. The van der Waals surface area contributed by atoms with Crippen LogP contribution in [0.4, 0.5) is 0 Å². The van der Waals surface area contributed by atoms with Crippen molar-refractivity contribution >= 4 is 0 Å². The number of aliphatic hydroxyl groups is 1. The third-order valence-corrected chi connectivity index (χ3v) is 1.93. The lowest BCUT2D eigenvalue weighted by atomic mass is 10.1. The molecule has 3 nitrogen and oxygen atoms in total. The quantitative estimate of drug-likeness (QED) is 0.569. The molecule has 0 aromatic heterocycles. The number of hydrogen-bond acceptors (Lipinski definition) is 3. The Labute approximate surface area is 61.2 Å². The highest BCUT2D eigenvalue weighted by Crippen LogP contribution is 2.20. The fourth-order valence-corrected chi connectivity index (χ4v) is 1.25. The van der Waals surface area contributed by atoms with Gasteiger partial charge in [-0.1, -0.05) is 0 Å². The van der Waals surface area contributed by atoms with E-state index in [0.29, 0.717) is 0 Å². The smallest absolute Gasteiger partial charge is 0.0811 e. The van der Waals surface area contributed by atoms with Crippen molar-refractivity contribution in [1.29, 1.82) is 0 Å². The van der Waals surface area contributed by atoms with Crippen LogP contribution in [-0.2, 0) is 4.74 Å². The molecule has 1 fully saturated rings. The van der Waals surface area contributed by atoms with Crippen LogP contribution in [0.1, 0.15) is 19.8 Å². The third kappa shape index (κ3) is 1.68. The lowest BCUT2D eigenvalue weighted by Gasteiger charge is -2.14. The SMILES string of the molecule is C[C@H](N)[C@@H]1CC[C@H](CO)O1. The van der Waals surface area contributed by atoms with Gasteiger partial charge in [-0.3, -0.25) is 0 Å². The van der Waals surface area contributed by atoms with Crippen molar-refractivity contribution in [3.8, 4) is 0 Å². The third-order valence-electron chi connectivity index (χ3n) is 1.93. The molecule has 0 aromatic rings. The largest absolute Gasteiger partial charge is 0.394 e. The van der Waals surface area contributed by atoms with Gasteiger partial charge < -0.3 is 15.6 Å². The van der Waals surface area contributed by atoms with E-state index in [2.05, 4.69) is 0 Å². The van der Waals surface area contributed by atoms with Crippen molar-refractivity contribution in [2.24, 2.45) is 5.73 Å². The zero-order valence-electron chi connectivity index (χ0n) is 6.29. The molecule has 1 saturated heterocycles. The van der Waals surface area contributed by atoms with Crippen molar-refractivity contribution in [3.05, 3.63) is 0 Å². The van der Waals surface area contributed by atoms with Crippen LogP contribution in [0.15, 0.2) is 0 Å². The minimum Gasteiger partial charge on any atom is -0.394 e. The summed E-state index contributed by atoms with van der Waals surface area (Å²) in [6.07, 6.45) is 2.14. The number of rotatable bonds is 2. The van der Waals surface area contributed by atoms with Crippen LogP contribution >= 0.6 is 0 Å². The summed E-state index contributed by atoms with van der Waals surface area (Å²) in [5.74, 6) is 0. The maximum Gasteiger partial charge on any atom is 0.0811 e. The topological polar surface area (TPSA) is 55.5 Å². The Kier molecular flexibility index (Phi) is 2.65. The zero-order valence-corrected chi connectivity index (χ0v) is 6.29. The van der Waals surface area contributed by atoms with Crippen LogP contribution in [-0.4, -0.2) is 30.0 Å². The second-order valence-corrected chi connectivity index (χ2v) is 2.92. The molecule has 0 unspecified atom stereocenters. The van der Waals surface area contributed by atoms with Crippen LogP contribution in [0.2, 0.25) is 0 Å². The van der Waals surface area contributed by atoms with E-state index in [1.165, 1.54) is 0 Å². The van der Waals surface area contributed by atoms with Crippen LogP contribution in [0.25, 0.3) is 0 Å². The summed E-state index contributed by atoms with van der Waals surface area (Å²) >= 11 is 0. The van der Waals surface area contributed by atoms with E-state index >= 15 is 0 Å². The van der Waals surface area contributed by atoms with Gasteiger partial charge in [0.2, 0.25) is 0 Å². The summed E-state index contributed by atoms with van der Waals surface area (Å²) < 4.78 is 5.40. The average Bonchev–Trinajstić information content (AvgIpc) is 2.34. The Morgan fingerprint density at radius 1 is 1.70 bits per heavy atom. The van der Waals surface area contributed by atoms with Gasteiger partial charge in [-0.25, -0.2) is 0 Å². The first-order valence-corrected chi connectivity index (χ1v) is 3.76. The molecule has 3 heteroatoms. The van der Waals surface area contributed by atoms with Crippen molar-refractivity contribution < 1.29 is 9.84 Å². The van der Waals surface area contributed by atoms with E-state index in [4.69, 9.17) is 15.6 Å². The molecule has 0 aliphatic carbocycles. The van der Waals surface area contributed by atoms with Crippen LogP contribution < -0.4 is 5.73 Å². The summed E-state index contributed by atoms with van der Waals surface area (Å²) in [7, 11) is 0. The summed E-state index contributed by atoms with van der Waals surface area (Å²) in [5, 5.41) is 8.70. The Bertz CT molecular complexity index is 106. The lowest BCUT2D eigenvalue weighted by Crippen LogP contribution is -2.32. The minimum atomic E-state index is 0.0380. The highest BCUT2D eigenvalue weighted by atomic mass is 16.5. The van der Waals surface area contributed by atoms with Gasteiger partial charge in [0, 0.05) is 6.04 Å². The van der Waals surface area contributed by atoms with Crippen molar-refractivity contribution in [2.75, 3.05) is 6.61 Å². The standard InChI is InChI=1S/C7H15NO2/c1-5(8)7-3-2-6(4-9)10-7/h5-7,9H,2-4,8H2,1H3/t5-,6+,7-/m0/s1. The predicted molar refractivity (Wildman–Crippen MR) is 38.6 cm³/mol. The number of aliphatic hydroxyl groups excluding tert-OH is 1. The van der Waals surface area contributed by atoms with Crippen molar-refractivity contribution in [1.82, 2.24) is 0 Å². The van der Waals surface area contributed by atoms with E-state index < -0.39 is 0 Å². The van der Waals surface area contributed by atoms with Gasteiger partial charge in [0.1, 0.15) is 0 Å². The highest BCUT2D eigenvalue weighted by Gasteiger charge is 2.26.